The summed E-state index contributed by atoms with van der Waals surface area (Å²) >= 11 is 0. The van der Waals surface area contributed by atoms with E-state index in [0.29, 0.717) is 5.41 Å². The van der Waals surface area contributed by atoms with Crippen molar-refractivity contribution >= 4 is 23.9 Å². The summed E-state index contributed by atoms with van der Waals surface area (Å²) in [6, 6.07) is 19.3. The Balaban J connectivity index is 0.000000186. The Hall–Kier alpha value is -5.04. The molecular weight excluding hydrogens is 592 g/mol. The smallest absolute Gasteiger partial charge is 0.346 e. The molecule has 6 rings (SSSR count). The quantitative estimate of drug-likeness (QED) is 0.229. The van der Waals surface area contributed by atoms with E-state index in [1.54, 1.807) is 12.1 Å². The van der Waals surface area contributed by atoms with Crippen molar-refractivity contribution in [3.05, 3.63) is 108 Å². The molecule has 12 nitrogen and oxygen atoms in total. The van der Waals surface area contributed by atoms with Crippen LogP contribution < -0.4 is 0 Å². The van der Waals surface area contributed by atoms with Crippen LogP contribution in [0.1, 0.15) is 45.5 Å². The normalized spacial score (nSPS) is 19.6. The topological polar surface area (TPSA) is 161 Å². The van der Waals surface area contributed by atoms with Gasteiger partial charge in [0.15, 0.2) is 12.2 Å². The average molecular weight is 627 g/mol. The number of hydrogen-bond acceptors (Lipinski definition) is 11. The highest BCUT2D eigenvalue weighted by Crippen LogP contribution is 2.42. The zero-order valence-electron chi connectivity index (χ0n) is 25.2. The number of carbonyl (C=O) groups is 4. The molecule has 0 saturated carbocycles. The molecular formula is C34H34N4O8. The van der Waals surface area contributed by atoms with Crippen LogP contribution in [0.15, 0.2) is 91.4 Å². The van der Waals surface area contributed by atoms with Gasteiger partial charge in [0.2, 0.25) is 0 Å². The number of hydrogen-bond donors (Lipinski definition) is 2. The summed E-state index contributed by atoms with van der Waals surface area (Å²) in [5, 5.41) is 23.5. The third kappa shape index (κ3) is 7.60. The zero-order valence-corrected chi connectivity index (χ0v) is 25.2. The van der Waals surface area contributed by atoms with Gasteiger partial charge in [0, 0.05) is 37.0 Å². The Bertz CT molecular complexity index is 1600. The molecule has 4 aromatic rings. The Kier molecular flexibility index (Phi) is 10.1. The monoisotopic (exact) mass is 626 g/mol. The van der Waals surface area contributed by atoms with Gasteiger partial charge in [-0.05, 0) is 68.2 Å². The lowest BCUT2D eigenvalue weighted by molar-refractivity contribution is -0.166. The van der Waals surface area contributed by atoms with Crippen LogP contribution in [0.2, 0.25) is 0 Å². The molecule has 46 heavy (non-hydrogen) atoms. The van der Waals surface area contributed by atoms with Gasteiger partial charge < -0.3 is 24.6 Å². The molecule has 2 aliphatic heterocycles. The maximum absolute atomic E-state index is 11.7. The van der Waals surface area contributed by atoms with Gasteiger partial charge in [0.25, 0.3) is 0 Å². The fraction of sp³-hybridized carbons (Fsp3) is 0.294. The third-order valence-electron chi connectivity index (χ3n) is 8.13. The molecule has 4 atom stereocenters. The number of aliphatic hydroxyl groups is 2. The van der Waals surface area contributed by atoms with Crippen molar-refractivity contribution in [1.82, 2.24) is 19.7 Å². The highest BCUT2D eigenvalue weighted by atomic mass is 16.6. The van der Waals surface area contributed by atoms with Crippen molar-refractivity contribution in [2.45, 2.75) is 36.9 Å². The second-order valence-electron chi connectivity index (χ2n) is 11.3. The van der Waals surface area contributed by atoms with E-state index in [4.69, 9.17) is 0 Å². The van der Waals surface area contributed by atoms with Crippen LogP contribution in [0.3, 0.4) is 0 Å². The van der Waals surface area contributed by atoms with E-state index in [2.05, 4.69) is 42.8 Å². The number of pyridine rings is 1. The van der Waals surface area contributed by atoms with Crippen LogP contribution in [-0.4, -0.2) is 85.6 Å². The summed E-state index contributed by atoms with van der Waals surface area (Å²) in [4.78, 5) is 54.1. The molecule has 0 aliphatic carbocycles. The van der Waals surface area contributed by atoms with Crippen LogP contribution in [0.5, 0.6) is 0 Å². The molecule has 12 heteroatoms. The fourth-order valence-corrected chi connectivity index (χ4v) is 5.63. The first-order valence-electron chi connectivity index (χ1n) is 14.8. The molecule has 2 fully saturated rings. The third-order valence-corrected chi connectivity index (χ3v) is 8.13. The fourth-order valence-electron chi connectivity index (χ4n) is 5.63. The van der Waals surface area contributed by atoms with Crippen molar-refractivity contribution in [3.63, 3.8) is 0 Å². The van der Waals surface area contributed by atoms with E-state index in [0.717, 1.165) is 11.3 Å². The first kappa shape index (κ1) is 32.4. The lowest BCUT2D eigenvalue weighted by atomic mass is 9.75. The number of rotatable bonds is 7. The maximum Gasteiger partial charge on any atom is 0.346 e. The van der Waals surface area contributed by atoms with Crippen molar-refractivity contribution in [2.75, 3.05) is 19.6 Å². The Labute approximate surface area is 265 Å². The summed E-state index contributed by atoms with van der Waals surface area (Å²) in [5.74, 6) is -5.27. The van der Waals surface area contributed by atoms with Crippen LogP contribution in [-0.2, 0) is 31.5 Å². The number of nitrogens with zero attached hydrogens (tertiary/aromatic N) is 4. The van der Waals surface area contributed by atoms with E-state index in [-0.39, 0.29) is 11.1 Å². The molecule has 2 aliphatic rings. The van der Waals surface area contributed by atoms with Crippen LogP contribution >= 0.6 is 0 Å². The first-order valence-corrected chi connectivity index (χ1v) is 14.8. The number of piperidine rings is 1. The Morgan fingerprint density at radius 1 is 0.783 bits per heavy atom. The summed E-state index contributed by atoms with van der Waals surface area (Å²) in [5.41, 5.74) is 3.97. The Morgan fingerprint density at radius 3 is 1.87 bits per heavy atom. The maximum atomic E-state index is 11.7. The van der Waals surface area contributed by atoms with Crippen molar-refractivity contribution < 1.29 is 38.9 Å². The van der Waals surface area contributed by atoms with Gasteiger partial charge in [-0.2, -0.15) is 5.10 Å². The molecule has 2 aromatic carbocycles. The van der Waals surface area contributed by atoms with Gasteiger partial charge in [0.1, 0.15) is 0 Å². The number of aromatic nitrogens is 3. The summed E-state index contributed by atoms with van der Waals surface area (Å²) in [6.07, 6.45) is 5.11. The van der Waals surface area contributed by atoms with E-state index < -0.39 is 36.1 Å². The highest BCUT2D eigenvalue weighted by Gasteiger charge is 2.42. The summed E-state index contributed by atoms with van der Waals surface area (Å²) in [7, 11) is 1.94. The molecule has 0 amide bonds. The van der Waals surface area contributed by atoms with Crippen molar-refractivity contribution in [2.24, 2.45) is 7.05 Å². The molecule has 2 bridgehead atoms. The van der Waals surface area contributed by atoms with E-state index in [9.17, 15) is 29.4 Å². The molecule has 2 unspecified atom stereocenters. The lowest BCUT2D eigenvalue weighted by Gasteiger charge is -2.34. The SMILES string of the molecule is Cn1cc(-c2ccc(C34CCCN(CC3)C4)cn2)cn1.O=C(OC(=O)[C@@H](O)[C@H](O)C(=O)OC(=O)c1ccccc1)c1ccccc1. The largest absolute Gasteiger partial charge is 0.387 e. The second kappa shape index (κ2) is 14.4. The average Bonchev–Trinajstić information content (AvgIpc) is 3.66. The van der Waals surface area contributed by atoms with E-state index in [1.165, 1.54) is 93.0 Å². The van der Waals surface area contributed by atoms with Crippen molar-refractivity contribution in [3.8, 4) is 11.3 Å². The van der Waals surface area contributed by atoms with Crippen LogP contribution in [0, 0.1) is 0 Å². The molecule has 4 heterocycles. The van der Waals surface area contributed by atoms with Crippen LogP contribution in [0.25, 0.3) is 11.3 Å². The minimum absolute atomic E-state index is 0.0318. The minimum Gasteiger partial charge on any atom is -0.387 e. The standard InChI is InChI=1S/C18H14O8.C16H20N4/c19-13(17(23)25-15(21)11-7-3-1-4-8-11)14(20)18(24)26-16(22)12-9-5-2-6-10-12;1-19-11-13(9-18-19)15-4-3-14(10-17-15)16-5-2-7-20(12-16)8-6-16/h1-10,13-14,19-20H;3-4,9-11H,2,5-8,12H2,1H3/t13-,14-;/m0./s1. The Morgan fingerprint density at radius 2 is 1.37 bits per heavy atom. The van der Waals surface area contributed by atoms with Gasteiger partial charge in [-0.25, -0.2) is 19.2 Å². The van der Waals surface area contributed by atoms with Gasteiger partial charge in [-0.1, -0.05) is 42.5 Å². The first-order chi connectivity index (χ1) is 22.1. The highest BCUT2D eigenvalue weighted by molar-refractivity contribution is 6.01. The molecule has 0 spiro atoms. The van der Waals surface area contributed by atoms with Crippen molar-refractivity contribution in [1.29, 1.82) is 0 Å². The summed E-state index contributed by atoms with van der Waals surface area (Å²) in [6.45, 7) is 3.76. The summed E-state index contributed by atoms with van der Waals surface area (Å²) < 4.78 is 10.6. The van der Waals surface area contributed by atoms with E-state index in [1.807, 2.05) is 24.1 Å². The zero-order chi connectivity index (χ0) is 32.7. The minimum atomic E-state index is -2.40. The number of fused-ring (bicyclic) bond motifs is 2. The lowest BCUT2D eigenvalue weighted by Crippen LogP contribution is -2.43. The van der Waals surface area contributed by atoms with Gasteiger partial charge in [0.05, 0.1) is 23.0 Å². The molecule has 2 N–H and O–H groups in total. The molecule has 2 aromatic heterocycles. The number of ether oxygens (including phenoxy) is 2. The van der Waals surface area contributed by atoms with Gasteiger partial charge in [-0.3, -0.25) is 9.67 Å². The predicted octanol–water partition coefficient (Wildman–Crippen LogP) is 2.69. The number of aryl methyl sites for hydroxylation is 1. The van der Waals surface area contributed by atoms with Gasteiger partial charge >= 0.3 is 23.9 Å². The number of carbonyl (C=O) groups excluding carboxylic acids is 4. The molecule has 2 saturated heterocycles. The van der Waals surface area contributed by atoms with Gasteiger partial charge in [-0.15, -0.1) is 0 Å². The number of aliphatic hydroxyl groups excluding tert-OH is 2. The van der Waals surface area contributed by atoms with E-state index >= 15 is 0 Å². The second-order valence-corrected chi connectivity index (χ2v) is 11.3. The number of benzene rings is 2. The molecule has 238 valence electrons. The number of esters is 4. The molecule has 0 radical (unpaired) electrons. The van der Waals surface area contributed by atoms with Crippen LogP contribution in [0.4, 0.5) is 0 Å². The predicted molar refractivity (Wildman–Crippen MR) is 164 cm³/mol.